The van der Waals surface area contributed by atoms with Crippen LogP contribution in [0.3, 0.4) is 0 Å². The Morgan fingerprint density at radius 2 is 1.19 bits per heavy atom. The molecule has 1 atom stereocenters. The Bertz CT molecular complexity index is 894. The van der Waals surface area contributed by atoms with E-state index in [2.05, 4.69) is 31.4 Å². The van der Waals surface area contributed by atoms with Crippen LogP contribution in [0.2, 0.25) is 0 Å². The lowest BCUT2D eigenvalue weighted by Gasteiger charge is -2.18. The fourth-order valence-electron chi connectivity index (χ4n) is 5.07. The van der Waals surface area contributed by atoms with Crippen molar-refractivity contribution in [1.29, 1.82) is 0 Å². The van der Waals surface area contributed by atoms with Crippen LogP contribution in [-0.2, 0) is 32.9 Å². The molecule has 0 aromatic rings. The molecule has 2 N–H and O–H groups in total. The SMILES string of the molecule is CCCCC/C=C\C=C\C(=O)CCCCCCCC(=O)OC[C@H](COP(=O)(O)O)OC(=O)CCCCCCCCCCCCC(C)C. The van der Waals surface area contributed by atoms with Gasteiger partial charge in [0.1, 0.15) is 6.61 Å². The highest BCUT2D eigenvalue weighted by Gasteiger charge is 2.22. The van der Waals surface area contributed by atoms with Crippen LogP contribution in [0.1, 0.15) is 168 Å². The second-order valence-electron chi connectivity index (χ2n) is 13.1. The molecule has 0 aliphatic carbocycles. The standard InChI is InChI=1S/C37H67O9P/c1-4-5-6-7-12-17-22-27-34(38)28-23-18-15-20-24-29-36(39)44-31-35(32-45-47(41,42)43)46-37(40)30-25-19-14-11-9-8-10-13-16-21-26-33(2)3/h12,17,22,27,33,35H,4-11,13-16,18-21,23-26,28-32H2,1-3H3,(H2,41,42,43)/b17-12-,27-22+/t35-/m1/s1. The van der Waals surface area contributed by atoms with Crippen molar-refractivity contribution < 1.29 is 42.7 Å². The minimum absolute atomic E-state index is 0.119. The van der Waals surface area contributed by atoms with E-state index < -0.39 is 32.5 Å². The number of carbonyl (C=O) groups is 3. The molecule has 0 aliphatic rings. The Balaban J connectivity index is 4.06. The first-order valence-corrected chi connectivity index (χ1v) is 20.0. The maximum absolute atomic E-state index is 12.3. The molecule has 0 saturated heterocycles. The molecule has 274 valence electrons. The van der Waals surface area contributed by atoms with E-state index in [1.54, 1.807) is 6.08 Å². The second kappa shape index (κ2) is 31.5. The van der Waals surface area contributed by atoms with E-state index in [4.69, 9.17) is 19.3 Å². The summed E-state index contributed by atoms with van der Waals surface area (Å²) in [6, 6.07) is 0. The van der Waals surface area contributed by atoms with Gasteiger partial charge in [-0.3, -0.25) is 18.9 Å². The van der Waals surface area contributed by atoms with E-state index in [-0.39, 0.29) is 25.2 Å². The van der Waals surface area contributed by atoms with Gasteiger partial charge in [-0.1, -0.05) is 135 Å². The van der Waals surface area contributed by atoms with E-state index >= 15 is 0 Å². The average Bonchev–Trinajstić information content (AvgIpc) is 3.01. The molecule has 0 aromatic heterocycles. The lowest BCUT2D eigenvalue weighted by Crippen LogP contribution is -2.29. The summed E-state index contributed by atoms with van der Waals surface area (Å²) in [6.07, 6.45) is 28.7. The monoisotopic (exact) mass is 686 g/mol. The number of phosphoric acid groups is 1. The lowest BCUT2D eigenvalue weighted by molar-refractivity contribution is -0.161. The van der Waals surface area contributed by atoms with Crippen molar-refractivity contribution in [2.24, 2.45) is 5.92 Å². The van der Waals surface area contributed by atoms with Crippen LogP contribution in [-0.4, -0.2) is 46.8 Å². The number of esters is 2. The van der Waals surface area contributed by atoms with Crippen molar-refractivity contribution in [3.05, 3.63) is 24.3 Å². The van der Waals surface area contributed by atoms with Gasteiger partial charge in [0, 0.05) is 19.3 Å². The van der Waals surface area contributed by atoms with Gasteiger partial charge in [0.05, 0.1) is 6.61 Å². The van der Waals surface area contributed by atoms with Crippen molar-refractivity contribution in [1.82, 2.24) is 0 Å². The minimum atomic E-state index is -4.77. The van der Waals surface area contributed by atoms with Crippen molar-refractivity contribution in [2.45, 2.75) is 175 Å². The van der Waals surface area contributed by atoms with Gasteiger partial charge in [-0.2, -0.15) is 0 Å². The van der Waals surface area contributed by atoms with E-state index in [0.29, 0.717) is 19.3 Å². The number of rotatable bonds is 33. The molecule has 0 amide bonds. The normalized spacial score (nSPS) is 12.7. The summed E-state index contributed by atoms with van der Waals surface area (Å²) in [5.74, 6) is -0.0688. The first kappa shape index (κ1) is 45.2. The summed E-state index contributed by atoms with van der Waals surface area (Å²) in [5, 5.41) is 0. The zero-order valence-electron chi connectivity index (χ0n) is 29.8. The van der Waals surface area contributed by atoms with Crippen LogP contribution < -0.4 is 0 Å². The van der Waals surface area contributed by atoms with Crippen LogP contribution >= 0.6 is 7.82 Å². The molecule has 0 heterocycles. The zero-order valence-corrected chi connectivity index (χ0v) is 30.7. The molecular formula is C37H67O9P. The molecule has 0 aliphatic heterocycles. The van der Waals surface area contributed by atoms with Crippen molar-refractivity contribution >= 4 is 25.5 Å². The van der Waals surface area contributed by atoms with Gasteiger partial charge in [0.2, 0.25) is 0 Å². The molecule has 0 spiro atoms. The van der Waals surface area contributed by atoms with Crippen LogP contribution in [0.5, 0.6) is 0 Å². The van der Waals surface area contributed by atoms with Gasteiger partial charge in [-0.25, -0.2) is 4.57 Å². The molecule has 0 bridgehead atoms. The van der Waals surface area contributed by atoms with E-state index in [0.717, 1.165) is 57.3 Å². The Morgan fingerprint density at radius 1 is 0.660 bits per heavy atom. The quantitative estimate of drug-likeness (QED) is 0.0227. The third kappa shape index (κ3) is 35.3. The molecule has 0 radical (unpaired) electrons. The fraction of sp³-hybridized carbons (Fsp3) is 0.811. The topological polar surface area (TPSA) is 136 Å². The maximum atomic E-state index is 12.3. The van der Waals surface area contributed by atoms with Gasteiger partial charge in [-0.15, -0.1) is 0 Å². The van der Waals surface area contributed by atoms with E-state index in [9.17, 15) is 18.9 Å². The Hall–Kier alpha value is -1.80. The highest BCUT2D eigenvalue weighted by molar-refractivity contribution is 7.46. The van der Waals surface area contributed by atoms with Gasteiger partial charge in [-0.05, 0) is 44.1 Å². The van der Waals surface area contributed by atoms with Crippen LogP contribution in [0.25, 0.3) is 0 Å². The Morgan fingerprint density at radius 3 is 1.74 bits per heavy atom. The summed E-state index contributed by atoms with van der Waals surface area (Å²) in [5.41, 5.74) is 0. The lowest BCUT2D eigenvalue weighted by atomic mass is 10.0. The third-order valence-electron chi connectivity index (χ3n) is 7.88. The molecule has 9 nitrogen and oxygen atoms in total. The summed E-state index contributed by atoms with van der Waals surface area (Å²) in [6.45, 7) is 5.82. The van der Waals surface area contributed by atoms with Crippen LogP contribution in [0, 0.1) is 5.92 Å². The van der Waals surface area contributed by atoms with E-state index in [1.165, 1.54) is 64.2 Å². The average molecular weight is 687 g/mol. The third-order valence-corrected chi connectivity index (χ3v) is 8.36. The van der Waals surface area contributed by atoms with Gasteiger partial charge in [0.25, 0.3) is 0 Å². The number of unbranched alkanes of at least 4 members (excludes halogenated alkanes) is 16. The molecule has 47 heavy (non-hydrogen) atoms. The number of ketones is 1. The number of ether oxygens (including phenoxy) is 2. The molecule has 0 unspecified atom stereocenters. The number of phosphoric ester groups is 1. The van der Waals surface area contributed by atoms with E-state index in [1.807, 2.05) is 12.2 Å². The molecule has 0 saturated carbocycles. The van der Waals surface area contributed by atoms with Gasteiger partial charge in [0.15, 0.2) is 11.9 Å². The molecule has 10 heteroatoms. The summed E-state index contributed by atoms with van der Waals surface area (Å²) in [7, 11) is -4.77. The number of hydrogen-bond donors (Lipinski definition) is 2. The first-order valence-electron chi connectivity index (χ1n) is 18.4. The van der Waals surface area contributed by atoms with Crippen LogP contribution in [0.4, 0.5) is 0 Å². The van der Waals surface area contributed by atoms with Gasteiger partial charge < -0.3 is 19.3 Å². The van der Waals surface area contributed by atoms with Gasteiger partial charge >= 0.3 is 19.8 Å². The fourth-order valence-corrected chi connectivity index (χ4v) is 5.43. The highest BCUT2D eigenvalue weighted by atomic mass is 31.2. The molecule has 0 aromatic carbocycles. The predicted octanol–water partition coefficient (Wildman–Crippen LogP) is 9.88. The molecular weight excluding hydrogens is 619 g/mol. The summed E-state index contributed by atoms with van der Waals surface area (Å²) in [4.78, 5) is 54.6. The molecule has 0 rings (SSSR count). The number of hydrogen-bond acceptors (Lipinski definition) is 7. The molecule has 0 fully saturated rings. The second-order valence-corrected chi connectivity index (χ2v) is 14.3. The number of allylic oxidation sites excluding steroid dienone is 4. The van der Waals surface area contributed by atoms with Crippen molar-refractivity contribution in [3.63, 3.8) is 0 Å². The number of carbonyl (C=O) groups excluding carboxylic acids is 3. The highest BCUT2D eigenvalue weighted by Crippen LogP contribution is 2.36. The van der Waals surface area contributed by atoms with Crippen molar-refractivity contribution in [3.8, 4) is 0 Å². The minimum Gasteiger partial charge on any atom is -0.462 e. The smallest absolute Gasteiger partial charge is 0.462 e. The van der Waals surface area contributed by atoms with Crippen molar-refractivity contribution in [2.75, 3.05) is 13.2 Å². The van der Waals surface area contributed by atoms with Crippen LogP contribution in [0.15, 0.2) is 24.3 Å². The maximum Gasteiger partial charge on any atom is 0.469 e. The largest absolute Gasteiger partial charge is 0.469 e. The predicted molar refractivity (Wildman–Crippen MR) is 189 cm³/mol. The summed E-state index contributed by atoms with van der Waals surface area (Å²) >= 11 is 0. The summed E-state index contributed by atoms with van der Waals surface area (Å²) < 4.78 is 26.2. The zero-order chi connectivity index (χ0) is 35.0. The Labute approximate surface area is 285 Å². The first-order chi connectivity index (χ1) is 22.5. The Kier molecular flexibility index (Phi) is 30.3.